The molecule has 3 aliphatic carbocycles. The highest BCUT2D eigenvalue weighted by Crippen LogP contribution is 2.79. The van der Waals surface area contributed by atoms with Crippen molar-refractivity contribution in [2.24, 2.45) is 39.9 Å². The van der Waals surface area contributed by atoms with Crippen molar-refractivity contribution in [3.8, 4) is 0 Å². The van der Waals surface area contributed by atoms with Crippen molar-refractivity contribution < 1.29 is 0 Å². The van der Waals surface area contributed by atoms with Gasteiger partial charge in [-0.15, -0.1) is 0 Å². The van der Waals surface area contributed by atoms with Crippen molar-refractivity contribution in [1.29, 1.82) is 0 Å². The van der Waals surface area contributed by atoms with Crippen LogP contribution in [0.1, 0.15) is 60.8 Å². The predicted molar refractivity (Wildman–Crippen MR) is 69.2 cm³/mol. The van der Waals surface area contributed by atoms with Crippen molar-refractivity contribution in [2.45, 2.75) is 60.8 Å². The summed E-state index contributed by atoms with van der Waals surface area (Å²) in [5.74, 6) is 4.05. The van der Waals surface area contributed by atoms with E-state index in [0.717, 1.165) is 23.7 Å². The number of fused-ring (bicyclic) bond motifs is 5. The molecule has 2 bridgehead atoms. The van der Waals surface area contributed by atoms with Crippen molar-refractivity contribution in [1.82, 2.24) is 0 Å². The first-order chi connectivity index (χ1) is 7.22. The maximum Gasteiger partial charge on any atom is -0.0264 e. The minimum Gasteiger partial charge on any atom is -0.0593 e. The third kappa shape index (κ3) is 0.910. The molecule has 0 spiro atoms. The molecule has 3 aliphatic rings. The Bertz CT molecular complexity index is 291. The highest BCUT2D eigenvalue weighted by Gasteiger charge is 2.73. The smallest absolute Gasteiger partial charge is 0.0264 e. The van der Waals surface area contributed by atoms with Crippen LogP contribution >= 0.6 is 0 Å². The van der Waals surface area contributed by atoms with Crippen LogP contribution in [0.3, 0.4) is 0 Å². The first kappa shape index (κ1) is 11.1. The van der Waals surface area contributed by atoms with Gasteiger partial charge in [0.2, 0.25) is 0 Å². The highest BCUT2D eigenvalue weighted by molar-refractivity contribution is 5.21. The van der Waals surface area contributed by atoms with Gasteiger partial charge in [0.25, 0.3) is 0 Å². The van der Waals surface area contributed by atoms with Crippen LogP contribution < -0.4 is 0 Å². The summed E-state index contributed by atoms with van der Waals surface area (Å²) in [4.78, 5) is 0. The van der Waals surface area contributed by atoms with E-state index >= 15 is 0 Å². The SMILES string of the molecule is CC1(C)C2C3CCCC3C1C(C)(C)C2(C)C. The third-order valence-corrected chi connectivity index (χ3v) is 7.30. The summed E-state index contributed by atoms with van der Waals surface area (Å²) in [7, 11) is 0. The number of hydrogen-bond acceptors (Lipinski definition) is 0. The monoisotopic (exact) mass is 220 g/mol. The Balaban J connectivity index is 2.15. The van der Waals surface area contributed by atoms with Gasteiger partial charge in [0.1, 0.15) is 0 Å². The van der Waals surface area contributed by atoms with E-state index in [1.54, 1.807) is 0 Å². The molecular formula is C16H28. The Labute approximate surface area is 101 Å². The van der Waals surface area contributed by atoms with Crippen molar-refractivity contribution in [3.05, 3.63) is 0 Å². The standard InChI is InChI=1S/C16H28/c1-14(2)12-10-8-7-9-11(10)13(14)16(5,6)15(12,3)4/h10-13H,7-9H2,1-6H3. The fourth-order valence-corrected chi connectivity index (χ4v) is 6.87. The fraction of sp³-hybridized carbons (Fsp3) is 1.00. The van der Waals surface area contributed by atoms with Gasteiger partial charge in [-0.2, -0.15) is 0 Å². The zero-order valence-electron chi connectivity index (χ0n) is 11.9. The van der Waals surface area contributed by atoms with Crippen molar-refractivity contribution in [2.75, 3.05) is 0 Å². The largest absolute Gasteiger partial charge is 0.0593 e. The molecule has 0 radical (unpaired) electrons. The van der Waals surface area contributed by atoms with Gasteiger partial charge in [0.15, 0.2) is 0 Å². The summed E-state index contributed by atoms with van der Waals surface area (Å²) < 4.78 is 0. The summed E-state index contributed by atoms with van der Waals surface area (Å²) >= 11 is 0. The molecule has 0 saturated heterocycles. The van der Waals surface area contributed by atoms with Crippen LogP contribution in [0.25, 0.3) is 0 Å². The lowest BCUT2D eigenvalue weighted by Crippen LogP contribution is -2.44. The van der Waals surface area contributed by atoms with Crippen LogP contribution in [-0.2, 0) is 0 Å². The lowest BCUT2D eigenvalue weighted by Gasteiger charge is -2.50. The maximum absolute atomic E-state index is 2.57. The molecule has 16 heavy (non-hydrogen) atoms. The highest BCUT2D eigenvalue weighted by atomic mass is 14.8. The quantitative estimate of drug-likeness (QED) is 0.553. The van der Waals surface area contributed by atoms with Crippen LogP contribution in [0.15, 0.2) is 0 Å². The average Bonchev–Trinajstić information content (AvgIpc) is 2.59. The summed E-state index contributed by atoms with van der Waals surface area (Å²) in [5.41, 5.74) is 1.65. The van der Waals surface area contributed by atoms with E-state index < -0.39 is 0 Å². The van der Waals surface area contributed by atoms with E-state index in [-0.39, 0.29) is 0 Å². The van der Waals surface area contributed by atoms with Crippen LogP contribution in [0, 0.1) is 39.9 Å². The van der Waals surface area contributed by atoms with Gasteiger partial charge < -0.3 is 0 Å². The second-order valence-corrected chi connectivity index (χ2v) is 8.48. The Morgan fingerprint density at radius 1 is 0.688 bits per heavy atom. The minimum absolute atomic E-state index is 0.534. The molecule has 0 aromatic carbocycles. The molecule has 0 nitrogen and oxygen atoms in total. The van der Waals surface area contributed by atoms with Gasteiger partial charge in [-0.05, 0) is 52.8 Å². The second-order valence-electron chi connectivity index (χ2n) is 8.48. The molecule has 0 aromatic rings. The average molecular weight is 220 g/mol. The molecule has 4 unspecified atom stereocenters. The number of rotatable bonds is 0. The topological polar surface area (TPSA) is 0 Å². The molecule has 3 saturated carbocycles. The Morgan fingerprint density at radius 2 is 1.06 bits per heavy atom. The first-order valence-electron chi connectivity index (χ1n) is 7.22. The van der Waals surface area contributed by atoms with Crippen LogP contribution in [0.2, 0.25) is 0 Å². The lowest BCUT2D eigenvalue weighted by molar-refractivity contribution is -0.0201. The van der Waals surface area contributed by atoms with Crippen LogP contribution in [0.4, 0.5) is 0 Å². The van der Waals surface area contributed by atoms with E-state index in [2.05, 4.69) is 41.5 Å². The van der Waals surface area contributed by atoms with Gasteiger partial charge in [-0.25, -0.2) is 0 Å². The lowest BCUT2D eigenvalue weighted by atomic mass is 9.55. The zero-order chi connectivity index (χ0) is 11.9. The second kappa shape index (κ2) is 2.70. The molecule has 0 N–H and O–H groups in total. The summed E-state index contributed by atoms with van der Waals surface area (Å²) in [6, 6.07) is 0. The van der Waals surface area contributed by atoms with Crippen molar-refractivity contribution in [3.63, 3.8) is 0 Å². The van der Waals surface area contributed by atoms with Gasteiger partial charge in [0.05, 0.1) is 0 Å². The third-order valence-electron chi connectivity index (χ3n) is 7.30. The van der Waals surface area contributed by atoms with Gasteiger partial charge in [-0.3, -0.25) is 0 Å². The van der Waals surface area contributed by atoms with Gasteiger partial charge >= 0.3 is 0 Å². The number of hydrogen-bond donors (Lipinski definition) is 0. The zero-order valence-corrected chi connectivity index (χ0v) is 11.9. The summed E-state index contributed by atoms with van der Waals surface area (Å²) in [5, 5.41) is 0. The minimum atomic E-state index is 0.534. The molecule has 92 valence electrons. The molecule has 3 fully saturated rings. The molecule has 3 rings (SSSR count). The van der Waals surface area contributed by atoms with E-state index in [4.69, 9.17) is 0 Å². The fourth-order valence-electron chi connectivity index (χ4n) is 6.87. The molecule has 0 aromatic heterocycles. The molecule has 0 aliphatic heterocycles. The molecule has 0 amide bonds. The Kier molecular flexibility index (Phi) is 1.87. The molecule has 4 atom stereocenters. The Hall–Kier alpha value is 0. The first-order valence-corrected chi connectivity index (χ1v) is 7.22. The van der Waals surface area contributed by atoms with Crippen LogP contribution in [-0.4, -0.2) is 0 Å². The van der Waals surface area contributed by atoms with E-state index in [9.17, 15) is 0 Å². The maximum atomic E-state index is 2.57. The van der Waals surface area contributed by atoms with E-state index in [1.165, 1.54) is 19.3 Å². The van der Waals surface area contributed by atoms with Crippen LogP contribution in [0.5, 0.6) is 0 Å². The normalized spacial score (nSPS) is 50.6. The molecular weight excluding hydrogens is 192 g/mol. The Morgan fingerprint density at radius 3 is 1.44 bits per heavy atom. The van der Waals surface area contributed by atoms with E-state index in [1.807, 2.05) is 0 Å². The van der Waals surface area contributed by atoms with E-state index in [0.29, 0.717) is 16.2 Å². The molecule has 0 heterocycles. The van der Waals surface area contributed by atoms with Crippen molar-refractivity contribution >= 4 is 0 Å². The van der Waals surface area contributed by atoms with Gasteiger partial charge in [0, 0.05) is 0 Å². The predicted octanol–water partition coefficient (Wildman–Crippen LogP) is 4.74. The molecule has 0 heteroatoms. The summed E-state index contributed by atoms with van der Waals surface area (Å²) in [6.45, 7) is 15.3. The summed E-state index contributed by atoms with van der Waals surface area (Å²) in [6.07, 6.45) is 4.55. The van der Waals surface area contributed by atoms with Gasteiger partial charge in [-0.1, -0.05) is 48.0 Å².